The lowest BCUT2D eigenvalue weighted by molar-refractivity contribution is 0.200. The lowest BCUT2D eigenvalue weighted by Crippen LogP contribution is -2.17. The van der Waals surface area contributed by atoms with E-state index in [1.54, 1.807) is 7.11 Å². The summed E-state index contributed by atoms with van der Waals surface area (Å²) in [5.74, 6) is 0.685. The highest BCUT2D eigenvalue weighted by Gasteiger charge is 2.03. The van der Waals surface area contributed by atoms with E-state index in [1.165, 1.54) is 0 Å². The smallest absolute Gasteiger partial charge is 0.264 e. The van der Waals surface area contributed by atoms with Gasteiger partial charge in [-0.25, -0.2) is 4.98 Å². The Bertz CT molecular complexity index is 348. The van der Waals surface area contributed by atoms with Gasteiger partial charge in [-0.3, -0.25) is 4.79 Å². The van der Waals surface area contributed by atoms with E-state index in [0.717, 1.165) is 5.69 Å². The second-order valence-electron chi connectivity index (χ2n) is 2.65. The number of hydrogen-bond donors (Lipinski definition) is 1. The zero-order chi connectivity index (χ0) is 9.84. The Morgan fingerprint density at radius 2 is 2.31 bits per heavy atom. The number of aromatic nitrogens is 2. The summed E-state index contributed by atoms with van der Waals surface area (Å²) in [5.41, 5.74) is 0.703. The molecule has 4 nitrogen and oxygen atoms in total. The largest absolute Gasteiger partial charge is 0.384 e. The summed E-state index contributed by atoms with van der Waals surface area (Å²) in [6.45, 7) is 2.40. The quantitative estimate of drug-likeness (QED) is 0.842. The predicted molar refractivity (Wildman–Crippen MR) is 57.9 cm³/mol. The maximum Gasteiger partial charge on any atom is 0.264 e. The molecule has 0 amide bonds. The number of hydrogen-bond acceptors (Lipinski definition) is 3. The van der Waals surface area contributed by atoms with Crippen molar-refractivity contribution in [2.24, 2.45) is 0 Å². The van der Waals surface area contributed by atoms with Crippen LogP contribution in [0.25, 0.3) is 0 Å². The molecule has 1 rings (SSSR count). The van der Waals surface area contributed by atoms with Gasteiger partial charge in [0.25, 0.3) is 5.56 Å². The number of nitrogens with one attached hydrogen (secondary N) is 1. The molecular formula is C8H11IN2O2. The summed E-state index contributed by atoms with van der Waals surface area (Å²) >= 11 is 1.99. The number of nitrogens with zero attached hydrogens (tertiary/aromatic N) is 1. The van der Waals surface area contributed by atoms with E-state index in [0.29, 0.717) is 22.4 Å². The molecule has 1 N–H and O–H groups in total. The van der Waals surface area contributed by atoms with E-state index in [1.807, 2.05) is 29.5 Å². The third-order valence-corrected chi connectivity index (χ3v) is 2.89. The Morgan fingerprint density at radius 1 is 1.62 bits per heavy atom. The van der Waals surface area contributed by atoms with Gasteiger partial charge in [-0.05, 0) is 29.5 Å². The maximum absolute atomic E-state index is 11.3. The average Bonchev–Trinajstić information content (AvgIpc) is 2.10. The summed E-state index contributed by atoms with van der Waals surface area (Å²) in [7, 11) is 1.62. The number of halogens is 1. The fourth-order valence-corrected chi connectivity index (χ4v) is 1.20. The molecule has 0 bridgehead atoms. The highest BCUT2D eigenvalue weighted by Crippen LogP contribution is 2.02. The molecule has 1 aromatic rings. The van der Waals surface area contributed by atoms with Gasteiger partial charge >= 0.3 is 0 Å². The van der Waals surface area contributed by atoms with Crippen molar-refractivity contribution < 1.29 is 4.74 Å². The van der Waals surface area contributed by atoms with Gasteiger partial charge in [-0.15, -0.1) is 0 Å². The van der Waals surface area contributed by atoms with E-state index in [4.69, 9.17) is 4.74 Å². The third kappa shape index (κ3) is 2.77. The van der Waals surface area contributed by atoms with Crippen LogP contribution in [-0.2, 0) is 11.2 Å². The topological polar surface area (TPSA) is 55.0 Å². The van der Waals surface area contributed by atoms with Gasteiger partial charge in [0.15, 0.2) is 0 Å². The molecule has 0 saturated carbocycles. The number of rotatable bonds is 3. The van der Waals surface area contributed by atoms with Crippen molar-refractivity contribution in [1.29, 1.82) is 0 Å². The minimum atomic E-state index is -0.0702. The van der Waals surface area contributed by atoms with Gasteiger partial charge in [0, 0.05) is 13.5 Å². The summed E-state index contributed by atoms with van der Waals surface area (Å²) in [6, 6.07) is 0. The van der Waals surface area contributed by atoms with Gasteiger partial charge in [-0.1, -0.05) is 0 Å². The molecule has 0 aliphatic heterocycles. The first-order chi connectivity index (χ1) is 6.15. The molecule has 0 saturated heterocycles. The Kier molecular flexibility index (Phi) is 3.86. The molecule has 0 spiro atoms. The Morgan fingerprint density at radius 3 is 2.85 bits per heavy atom. The van der Waals surface area contributed by atoms with Crippen LogP contribution in [0, 0.1) is 10.5 Å². The van der Waals surface area contributed by atoms with Crippen LogP contribution < -0.4 is 5.56 Å². The molecule has 72 valence electrons. The lowest BCUT2D eigenvalue weighted by atomic mass is 10.4. The minimum Gasteiger partial charge on any atom is -0.384 e. The number of H-pyrrole nitrogens is 1. The number of ether oxygens (including phenoxy) is 1. The molecule has 0 unspecified atom stereocenters. The highest BCUT2D eigenvalue weighted by atomic mass is 127. The van der Waals surface area contributed by atoms with E-state index in [9.17, 15) is 4.79 Å². The maximum atomic E-state index is 11.3. The lowest BCUT2D eigenvalue weighted by Gasteiger charge is -2.02. The average molecular weight is 294 g/mol. The van der Waals surface area contributed by atoms with Crippen molar-refractivity contribution in [3.63, 3.8) is 0 Å². The van der Waals surface area contributed by atoms with Gasteiger partial charge in [-0.2, -0.15) is 0 Å². The first-order valence-electron chi connectivity index (χ1n) is 3.89. The van der Waals surface area contributed by atoms with Crippen LogP contribution in [0.1, 0.15) is 11.5 Å². The molecule has 0 aliphatic carbocycles. The fraction of sp³-hybridized carbons (Fsp3) is 0.500. The molecule has 0 aromatic carbocycles. The monoisotopic (exact) mass is 294 g/mol. The molecule has 0 aliphatic rings. The van der Waals surface area contributed by atoms with Gasteiger partial charge in [0.05, 0.1) is 15.9 Å². The Labute approximate surface area is 89.9 Å². The van der Waals surface area contributed by atoms with Crippen molar-refractivity contribution in [3.8, 4) is 0 Å². The van der Waals surface area contributed by atoms with Crippen LogP contribution in [-0.4, -0.2) is 23.7 Å². The summed E-state index contributed by atoms with van der Waals surface area (Å²) < 4.78 is 5.54. The van der Waals surface area contributed by atoms with E-state index in [2.05, 4.69) is 9.97 Å². The zero-order valence-electron chi connectivity index (χ0n) is 7.56. The minimum absolute atomic E-state index is 0.0702. The molecule has 0 fully saturated rings. The third-order valence-electron chi connectivity index (χ3n) is 1.62. The second-order valence-corrected chi connectivity index (χ2v) is 3.73. The van der Waals surface area contributed by atoms with E-state index >= 15 is 0 Å². The number of aryl methyl sites for hydroxylation is 1. The van der Waals surface area contributed by atoms with Gasteiger partial charge < -0.3 is 9.72 Å². The molecule has 0 atom stereocenters. The Balaban J connectivity index is 2.93. The normalized spacial score (nSPS) is 10.4. The van der Waals surface area contributed by atoms with Crippen LogP contribution in [0.2, 0.25) is 0 Å². The molecule has 0 radical (unpaired) electrons. The summed E-state index contributed by atoms with van der Waals surface area (Å²) in [5, 5.41) is 0. The van der Waals surface area contributed by atoms with Crippen molar-refractivity contribution in [1.82, 2.24) is 9.97 Å². The van der Waals surface area contributed by atoms with E-state index < -0.39 is 0 Å². The Hall–Kier alpha value is -0.430. The van der Waals surface area contributed by atoms with Gasteiger partial charge in [0.2, 0.25) is 0 Å². The number of aromatic amines is 1. The molecule has 13 heavy (non-hydrogen) atoms. The van der Waals surface area contributed by atoms with Crippen LogP contribution >= 0.6 is 22.6 Å². The first-order valence-corrected chi connectivity index (χ1v) is 4.97. The standard InChI is InChI=1S/C8H11IN2O2/c1-5-7(9)8(12)11-6(10-5)3-4-13-2/h3-4H2,1-2H3,(H,10,11,12). The van der Waals surface area contributed by atoms with Crippen molar-refractivity contribution in [3.05, 3.63) is 25.4 Å². The first kappa shape index (κ1) is 10.6. The van der Waals surface area contributed by atoms with Crippen molar-refractivity contribution in [2.45, 2.75) is 13.3 Å². The highest BCUT2D eigenvalue weighted by molar-refractivity contribution is 14.1. The predicted octanol–water partition coefficient (Wildman–Crippen LogP) is 0.872. The van der Waals surface area contributed by atoms with Crippen molar-refractivity contribution >= 4 is 22.6 Å². The number of methoxy groups -OCH3 is 1. The second kappa shape index (κ2) is 4.71. The van der Waals surface area contributed by atoms with Gasteiger partial charge in [0.1, 0.15) is 5.82 Å². The van der Waals surface area contributed by atoms with Crippen LogP contribution in [0.5, 0.6) is 0 Å². The molecular weight excluding hydrogens is 283 g/mol. The van der Waals surface area contributed by atoms with Crippen LogP contribution in [0.4, 0.5) is 0 Å². The molecule has 5 heteroatoms. The molecule has 1 heterocycles. The van der Waals surface area contributed by atoms with Crippen LogP contribution in [0.3, 0.4) is 0 Å². The van der Waals surface area contributed by atoms with Crippen molar-refractivity contribution in [2.75, 3.05) is 13.7 Å². The molecule has 1 aromatic heterocycles. The van der Waals surface area contributed by atoms with E-state index in [-0.39, 0.29) is 5.56 Å². The summed E-state index contributed by atoms with van der Waals surface area (Å²) in [6.07, 6.45) is 0.642. The fourth-order valence-electron chi connectivity index (χ4n) is 0.947. The summed E-state index contributed by atoms with van der Waals surface area (Å²) in [4.78, 5) is 18.2. The SMILES string of the molecule is COCCc1nc(C)c(I)c(=O)[nH]1. The zero-order valence-corrected chi connectivity index (χ0v) is 9.71. The van der Waals surface area contributed by atoms with Crippen LogP contribution in [0.15, 0.2) is 4.79 Å².